The van der Waals surface area contributed by atoms with Crippen LogP contribution in [0.3, 0.4) is 0 Å². The van der Waals surface area contributed by atoms with Crippen LogP contribution in [0.15, 0.2) is 17.1 Å². The highest BCUT2D eigenvalue weighted by molar-refractivity contribution is 5.97. The standard InChI is InChI=1S/C22H28FN3O4/c1-4-22(2)11-25(8-7-16(22)24)18-15(23)9-13-17(20(18)30-3)26(12-5-6-12)10-14(19(13)27)21(28)29/h9-10,12,16H,4-8,11,24H2,1-3H3,(H,28,29). The third kappa shape index (κ3) is 3.14. The van der Waals surface area contributed by atoms with Crippen molar-refractivity contribution in [2.45, 2.75) is 51.6 Å². The molecule has 2 aliphatic rings. The highest BCUT2D eigenvalue weighted by atomic mass is 19.1. The first-order chi connectivity index (χ1) is 14.2. The number of benzene rings is 1. The number of aromatic carboxylic acids is 1. The van der Waals surface area contributed by atoms with E-state index in [4.69, 9.17) is 10.5 Å². The average molecular weight is 417 g/mol. The zero-order valence-corrected chi connectivity index (χ0v) is 17.6. The lowest BCUT2D eigenvalue weighted by molar-refractivity contribution is 0.0695. The minimum atomic E-state index is -1.32. The fourth-order valence-corrected chi connectivity index (χ4v) is 4.56. The molecule has 0 radical (unpaired) electrons. The molecule has 2 fully saturated rings. The second-order valence-corrected chi connectivity index (χ2v) is 8.78. The van der Waals surface area contributed by atoms with Crippen molar-refractivity contribution < 1.29 is 19.0 Å². The van der Waals surface area contributed by atoms with Crippen LogP contribution in [0.5, 0.6) is 5.75 Å². The third-order valence-electron chi connectivity index (χ3n) is 6.85. The molecule has 30 heavy (non-hydrogen) atoms. The van der Waals surface area contributed by atoms with Crippen molar-refractivity contribution in [1.29, 1.82) is 0 Å². The molecule has 3 N–H and O–H groups in total. The molecule has 2 atom stereocenters. The van der Waals surface area contributed by atoms with E-state index in [0.717, 1.165) is 25.7 Å². The topological polar surface area (TPSA) is 97.8 Å². The Kier molecular flexibility index (Phi) is 5.00. The molecule has 1 saturated heterocycles. The van der Waals surface area contributed by atoms with Gasteiger partial charge < -0.3 is 25.0 Å². The Balaban J connectivity index is 1.98. The molecular formula is C22H28FN3O4. The largest absolute Gasteiger partial charge is 0.492 e. The number of nitrogens with zero attached hydrogens (tertiary/aromatic N) is 2. The summed E-state index contributed by atoms with van der Waals surface area (Å²) in [5, 5.41) is 9.49. The number of carboxylic acid groups (broad SMARTS) is 1. The Morgan fingerprint density at radius 2 is 2.10 bits per heavy atom. The van der Waals surface area contributed by atoms with Gasteiger partial charge in [0.25, 0.3) is 0 Å². The Morgan fingerprint density at radius 1 is 1.40 bits per heavy atom. The first-order valence-corrected chi connectivity index (χ1v) is 10.4. The smallest absolute Gasteiger partial charge is 0.341 e. The molecule has 1 aliphatic heterocycles. The van der Waals surface area contributed by atoms with Crippen molar-refractivity contribution in [3.63, 3.8) is 0 Å². The molecule has 2 unspecified atom stereocenters. The molecule has 4 rings (SSSR count). The van der Waals surface area contributed by atoms with Crippen molar-refractivity contribution in [2.75, 3.05) is 25.1 Å². The number of nitrogens with two attached hydrogens (primary N) is 1. The number of carbonyl (C=O) groups is 1. The van der Waals surface area contributed by atoms with E-state index >= 15 is 4.39 Å². The number of hydrogen-bond acceptors (Lipinski definition) is 5. The fraction of sp³-hybridized carbons (Fsp3) is 0.545. The van der Waals surface area contributed by atoms with E-state index in [1.165, 1.54) is 19.4 Å². The van der Waals surface area contributed by atoms with Gasteiger partial charge in [0.1, 0.15) is 11.3 Å². The summed E-state index contributed by atoms with van der Waals surface area (Å²) in [6, 6.07) is 1.27. The normalized spacial score (nSPS) is 24.3. The quantitative estimate of drug-likeness (QED) is 0.776. The number of aromatic nitrogens is 1. The molecule has 0 amide bonds. The Morgan fingerprint density at radius 3 is 2.67 bits per heavy atom. The predicted octanol–water partition coefficient (Wildman–Crippen LogP) is 3.14. The maximum Gasteiger partial charge on any atom is 0.341 e. The number of methoxy groups -OCH3 is 1. The van der Waals surface area contributed by atoms with Gasteiger partial charge in [0.05, 0.1) is 18.0 Å². The van der Waals surface area contributed by atoms with Gasteiger partial charge in [-0.15, -0.1) is 0 Å². The van der Waals surface area contributed by atoms with Crippen molar-refractivity contribution >= 4 is 22.6 Å². The van der Waals surface area contributed by atoms with E-state index in [1.54, 1.807) is 4.57 Å². The zero-order valence-electron chi connectivity index (χ0n) is 17.6. The Bertz CT molecular complexity index is 1080. The molecule has 1 aromatic carbocycles. The highest BCUT2D eigenvalue weighted by Crippen LogP contribution is 2.45. The summed E-state index contributed by atoms with van der Waals surface area (Å²) in [5.74, 6) is -1.63. The molecule has 7 nitrogen and oxygen atoms in total. The van der Waals surface area contributed by atoms with Crippen LogP contribution in [0.4, 0.5) is 10.1 Å². The van der Waals surface area contributed by atoms with Crippen LogP contribution in [-0.2, 0) is 0 Å². The van der Waals surface area contributed by atoms with E-state index < -0.39 is 17.2 Å². The molecule has 162 valence electrons. The number of anilines is 1. The maximum absolute atomic E-state index is 15.4. The Labute approximate surface area is 174 Å². The molecule has 1 aromatic heterocycles. The van der Waals surface area contributed by atoms with Gasteiger partial charge in [0.2, 0.25) is 5.43 Å². The van der Waals surface area contributed by atoms with Crippen LogP contribution in [-0.4, -0.2) is 41.9 Å². The van der Waals surface area contributed by atoms with E-state index in [-0.39, 0.29) is 34.2 Å². The van der Waals surface area contributed by atoms with Crippen molar-refractivity contribution in [3.05, 3.63) is 33.9 Å². The zero-order chi connectivity index (χ0) is 21.8. The summed E-state index contributed by atoms with van der Waals surface area (Å²) in [6.07, 6.45) is 4.70. The molecular weight excluding hydrogens is 389 g/mol. The van der Waals surface area contributed by atoms with Crippen LogP contribution in [0.25, 0.3) is 10.9 Å². The summed E-state index contributed by atoms with van der Waals surface area (Å²) < 4.78 is 22.9. The molecule has 0 spiro atoms. The van der Waals surface area contributed by atoms with Crippen molar-refractivity contribution in [3.8, 4) is 5.75 Å². The summed E-state index contributed by atoms with van der Waals surface area (Å²) >= 11 is 0. The Hall–Kier alpha value is -2.61. The second kappa shape index (κ2) is 7.27. The van der Waals surface area contributed by atoms with Gasteiger partial charge in [-0.3, -0.25) is 4.79 Å². The van der Waals surface area contributed by atoms with E-state index in [0.29, 0.717) is 24.3 Å². The van der Waals surface area contributed by atoms with Gasteiger partial charge in [0, 0.05) is 31.4 Å². The first-order valence-electron chi connectivity index (χ1n) is 10.4. The van der Waals surface area contributed by atoms with Crippen LogP contribution in [0, 0.1) is 11.2 Å². The number of hydrogen-bond donors (Lipinski definition) is 2. The van der Waals surface area contributed by atoms with Crippen LogP contribution in [0.1, 0.15) is 55.9 Å². The fourth-order valence-electron chi connectivity index (χ4n) is 4.56. The molecule has 8 heteroatoms. The predicted molar refractivity (Wildman–Crippen MR) is 113 cm³/mol. The van der Waals surface area contributed by atoms with Gasteiger partial charge in [0.15, 0.2) is 11.6 Å². The average Bonchev–Trinajstić information content (AvgIpc) is 3.55. The SMILES string of the molecule is CCC1(C)CN(c2c(F)cc3c(=O)c(C(=O)O)cn(C4CC4)c3c2OC)CCC1N. The van der Waals surface area contributed by atoms with Crippen LogP contribution < -0.4 is 20.8 Å². The number of piperidine rings is 1. The number of ether oxygens (including phenoxy) is 1. The molecule has 2 aromatic rings. The third-order valence-corrected chi connectivity index (χ3v) is 6.85. The highest BCUT2D eigenvalue weighted by Gasteiger charge is 2.39. The summed E-state index contributed by atoms with van der Waals surface area (Å²) in [5.41, 5.74) is 5.89. The lowest BCUT2D eigenvalue weighted by Gasteiger charge is -2.45. The monoisotopic (exact) mass is 417 g/mol. The number of halogens is 1. The van der Waals surface area contributed by atoms with Gasteiger partial charge in [-0.05, 0) is 37.2 Å². The number of fused-ring (bicyclic) bond motifs is 1. The van der Waals surface area contributed by atoms with Gasteiger partial charge in [-0.1, -0.05) is 13.8 Å². The maximum atomic E-state index is 15.4. The van der Waals surface area contributed by atoms with E-state index in [2.05, 4.69) is 13.8 Å². The van der Waals surface area contributed by atoms with Gasteiger partial charge in [-0.2, -0.15) is 0 Å². The van der Waals surface area contributed by atoms with Crippen molar-refractivity contribution in [2.24, 2.45) is 11.1 Å². The van der Waals surface area contributed by atoms with Gasteiger partial charge in [-0.25, -0.2) is 9.18 Å². The molecule has 1 saturated carbocycles. The first kappa shape index (κ1) is 20.7. The summed E-state index contributed by atoms with van der Waals surface area (Å²) in [7, 11) is 1.46. The van der Waals surface area contributed by atoms with Crippen LogP contribution >= 0.6 is 0 Å². The van der Waals surface area contributed by atoms with E-state index in [1.807, 2.05) is 4.90 Å². The molecule has 1 aliphatic carbocycles. The van der Waals surface area contributed by atoms with Crippen molar-refractivity contribution in [1.82, 2.24) is 4.57 Å². The van der Waals surface area contributed by atoms with Crippen LogP contribution in [0.2, 0.25) is 0 Å². The summed E-state index contributed by atoms with van der Waals surface area (Å²) in [6.45, 7) is 5.34. The second-order valence-electron chi connectivity index (χ2n) is 8.78. The number of rotatable bonds is 5. The molecule has 2 heterocycles. The number of carboxylic acids is 1. The van der Waals surface area contributed by atoms with E-state index in [9.17, 15) is 14.7 Å². The lowest BCUT2D eigenvalue weighted by atomic mass is 9.75. The summed E-state index contributed by atoms with van der Waals surface area (Å²) in [4.78, 5) is 26.4. The number of pyridine rings is 1. The minimum absolute atomic E-state index is 0.0241. The van der Waals surface area contributed by atoms with Gasteiger partial charge >= 0.3 is 5.97 Å². The lowest BCUT2D eigenvalue weighted by Crippen LogP contribution is -2.54. The minimum Gasteiger partial charge on any atom is -0.492 e. The molecule has 0 bridgehead atoms.